The molecule has 0 saturated carbocycles. The highest BCUT2D eigenvalue weighted by Gasteiger charge is 2.25. The lowest BCUT2D eigenvalue weighted by Crippen LogP contribution is -2.55. The highest BCUT2D eigenvalue weighted by molar-refractivity contribution is 5.94. The summed E-state index contributed by atoms with van der Waals surface area (Å²) < 4.78 is 0. The van der Waals surface area contributed by atoms with Gasteiger partial charge in [0, 0.05) is 50.2 Å². The molecule has 0 aromatic heterocycles. The molecule has 0 bridgehead atoms. The summed E-state index contributed by atoms with van der Waals surface area (Å²) in [5, 5.41) is 3.44. The number of halogens is 1. The lowest BCUT2D eigenvalue weighted by molar-refractivity contribution is -0.128. The summed E-state index contributed by atoms with van der Waals surface area (Å²) in [4.78, 5) is 28.1. The molecular formula is C18H26ClN3O2. The van der Waals surface area contributed by atoms with Crippen molar-refractivity contribution in [1.82, 2.24) is 15.1 Å². The molecule has 132 valence electrons. The van der Waals surface area contributed by atoms with Crippen LogP contribution in [0.3, 0.4) is 0 Å². The van der Waals surface area contributed by atoms with Crippen LogP contribution in [0.25, 0.3) is 0 Å². The predicted octanol–water partition coefficient (Wildman–Crippen LogP) is 2.05. The third-order valence-electron chi connectivity index (χ3n) is 4.59. The van der Waals surface area contributed by atoms with Gasteiger partial charge in [-0.25, -0.2) is 0 Å². The molecule has 6 heteroatoms. The third kappa shape index (κ3) is 4.28. The Bertz CT molecular complexity index is 580. The molecule has 24 heavy (non-hydrogen) atoms. The van der Waals surface area contributed by atoms with Gasteiger partial charge in [-0.05, 0) is 38.0 Å². The Morgan fingerprint density at radius 1 is 1.17 bits per heavy atom. The van der Waals surface area contributed by atoms with E-state index in [4.69, 9.17) is 0 Å². The molecule has 2 amide bonds. The number of nitrogens with one attached hydrogen (secondary N) is 1. The predicted molar refractivity (Wildman–Crippen MR) is 96.3 cm³/mol. The number of carbonyl (C=O) groups is 2. The average Bonchev–Trinajstić information content (AvgIpc) is 2.91. The number of hydrogen-bond donors (Lipinski definition) is 1. The average molecular weight is 352 g/mol. The summed E-state index contributed by atoms with van der Waals surface area (Å²) in [6.07, 6.45) is 1.62. The van der Waals surface area contributed by atoms with Gasteiger partial charge >= 0.3 is 0 Å². The summed E-state index contributed by atoms with van der Waals surface area (Å²) in [6, 6.07) is 8.35. The van der Waals surface area contributed by atoms with E-state index in [9.17, 15) is 9.59 Å². The van der Waals surface area contributed by atoms with Gasteiger partial charge in [0.2, 0.25) is 5.91 Å². The highest BCUT2D eigenvalue weighted by Crippen LogP contribution is 2.16. The number of likely N-dealkylation sites (tertiary alicyclic amines) is 1. The quantitative estimate of drug-likeness (QED) is 0.906. The first-order valence-electron chi connectivity index (χ1n) is 8.45. The molecule has 0 radical (unpaired) electrons. The maximum Gasteiger partial charge on any atom is 0.253 e. The lowest BCUT2D eigenvalue weighted by Gasteiger charge is -2.36. The summed E-state index contributed by atoms with van der Waals surface area (Å²) >= 11 is 0. The minimum absolute atomic E-state index is 0. The molecule has 1 N–H and O–H groups in total. The zero-order valence-electron chi connectivity index (χ0n) is 14.3. The Morgan fingerprint density at radius 2 is 1.79 bits per heavy atom. The minimum Gasteiger partial charge on any atom is -0.338 e. The van der Waals surface area contributed by atoms with E-state index in [2.05, 4.69) is 19.2 Å². The molecule has 1 aromatic carbocycles. The number of hydrogen-bond acceptors (Lipinski definition) is 3. The smallest absolute Gasteiger partial charge is 0.253 e. The Labute approximate surface area is 149 Å². The second-order valence-corrected chi connectivity index (χ2v) is 6.79. The van der Waals surface area contributed by atoms with E-state index in [-0.39, 0.29) is 24.2 Å². The van der Waals surface area contributed by atoms with E-state index in [0.717, 1.165) is 37.2 Å². The number of piperazine rings is 1. The molecule has 2 saturated heterocycles. The number of carbonyl (C=O) groups excluding carboxylic acids is 2. The monoisotopic (exact) mass is 351 g/mol. The maximum absolute atomic E-state index is 12.6. The summed E-state index contributed by atoms with van der Waals surface area (Å²) in [7, 11) is 0. The van der Waals surface area contributed by atoms with Crippen LogP contribution >= 0.6 is 12.4 Å². The first-order valence-corrected chi connectivity index (χ1v) is 8.45. The standard InChI is InChI=1S/C18H25N3O2.ClH/c1-13-10-21(11-14(2)19-13)18(23)16-7-5-15(6-8-16)12-20-9-3-4-17(20)22;/h5-8,13-14,19H,3-4,9-12H2,1-2H3;1H. The number of amides is 2. The van der Waals surface area contributed by atoms with Crippen LogP contribution in [0, 0.1) is 0 Å². The lowest BCUT2D eigenvalue weighted by atomic mass is 10.1. The number of nitrogens with zero attached hydrogens (tertiary/aromatic N) is 2. The van der Waals surface area contributed by atoms with Crippen LogP contribution < -0.4 is 5.32 Å². The van der Waals surface area contributed by atoms with Crippen molar-refractivity contribution in [3.63, 3.8) is 0 Å². The first kappa shape index (κ1) is 18.7. The first-order chi connectivity index (χ1) is 11.0. The molecule has 2 atom stereocenters. The summed E-state index contributed by atoms with van der Waals surface area (Å²) in [5.74, 6) is 0.322. The molecule has 0 aliphatic carbocycles. The van der Waals surface area contributed by atoms with Gasteiger partial charge in [0.1, 0.15) is 0 Å². The second kappa shape index (κ2) is 7.99. The van der Waals surface area contributed by atoms with Crippen molar-refractivity contribution in [3.8, 4) is 0 Å². The molecule has 2 aliphatic rings. The van der Waals surface area contributed by atoms with Crippen molar-refractivity contribution < 1.29 is 9.59 Å². The van der Waals surface area contributed by atoms with Gasteiger partial charge in [-0.3, -0.25) is 9.59 Å². The van der Waals surface area contributed by atoms with Crippen LogP contribution in [0.4, 0.5) is 0 Å². The summed E-state index contributed by atoms with van der Waals surface area (Å²) in [6.45, 7) is 7.18. The van der Waals surface area contributed by atoms with Gasteiger partial charge in [0.15, 0.2) is 0 Å². The minimum atomic E-state index is 0. The summed E-state index contributed by atoms with van der Waals surface area (Å²) in [5.41, 5.74) is 1.81. The Balaban J connectivity index is 0.00000208. The molecule has 2 heterocycles. The molecule has 1 aromatic rings. The van der Waals surface area contributed by atoms with Crippen LogP contribution in [0.5, 0.6) is 0 Å². The maximum atomic E-state index is 12.6. The Kier molecular flexibility index (Phi) is 6.24. The largest absolute Gasteiger partial charge is 0.338 e. The molecule has 2 unspecified atom stereocenters. The number of benzene rings is 1. The number of rotatable bonds is 3. The van der Waals surface area contributed by atoms with Crippen LogP contribution in [0.2, 0.25) is 0 Å². The van der Waals surface area contributed by atoms with Crippen molar-refractivity contribution in [1.29, 1.82) is 0 Å². The molecule has 2 fully saturated rings. The second-order valence-electron chi connectivity index (χ2n) is 6.79. The van der Waals surface area contributed by atoms with Gasteiger partial charge in [-0.2, -0.15) is 0 Å². The van der Waals surface area contributed by atoms with E-state index in [1.807, 2.05) is 34.1 Å². The van der Waals surface area contributed by atoms with Gasteiger partial charge in [0.05, 0.1) is 0 Å². The molecule has 0 spiro atoms. The fraction of sp³-hybridized carbons (Fsp3) is 0.556. The fourth-order valence-corrected chi connectivity index (χ4v) is 3.52. The molecule has 5 nitrogen and oxygen atoms in total. The zero-order valence-corrected chi connectivity index (χ0v) is 15.1. The van der Waals surface area contributed by atoms with Crippen molar-refractivity contribution >= 4 is 24.2 Å². The Hall–Kier alpha value is -1.59. The van der Waals surface area contributed by atoms with Gasteiger partial charge < -0.3 is 15.1 Å². The van der Waals surface area contributed by atoms with Crippen molar-refractivity contribution in [3.05, 3.63) is 35.4 Å². The van der Waals surface area contributed by atoms with Crippen LogP contribution in [0.1, 0.15) is 42.6 Å². The molecular weight excluding hydrogens is 326 g/mol. The van der Waals surface area contributed by atoms with E-state index in [0.29, 0.717) is 25.0 Å². The van der Waals surface area contributed by atoms with E-state index < -0.39 is 0 Å². The van der Waals surface area contributed by atoms with Crippen LogP contribution in [-0.2, 0) is 11.3 Å². The van der Waals surface area contributed by atoms with Crippen molar-refractivity contribution in [2.45, 2.75) is 45.3 Å². The molecule has 3 rings (SSSR count). The van der Waals surface area contributed by atoms with Crippen molar-refractivity contribution in [2.75, 3.05) is 19.6 Å². The van der Waals surface area contributed by atoms with Gasteiger partial charge in [-0.15, -0.1) is 12.4 Å². The van der Waals surface area contributed by atoms with Crippen LogP contribution in [0.15, 0.2) is 24.3 Å². The normalized spacial score (nSPS) is 24.0. The van der Waals surface area contributed by atoms with Gasteiger partial charge in [-0.1, -0.05) is 12.1 Å². The third-order valence-corrected chi connectivity index (χ3v) is 4.59. The van der Waals surface area contributed by atoms with E-state index in [1.54, 1.807) is 0 Å². The topological polar surface area (TPSA) is 52.7 Å². The Morgan fingerprint density at radius 3 is 2.33 bits per heavy atom. The zero-order chi connectivity index (χ0) is 16.4. The SMILES string of the molecule is CC1CN(C(=O)c2ccc(CN3CCCC3=O)cc2)CC(C)N1.Cl. The van der Waals surface area contributed by atoms with Gasteiger partial charge in [0.25, 0.3) is 5.91 Å². The van der Waals surface area contributed by atoms with E-state index in [1.165, 1.54) is 0 Å². The highest BCUT2D eigenvalue weighted by atomic mass is 35.5. The fourth-order valence-electron chi connectivity index (χ4n) is 3.52. The van der Waals surface area contributed by atoms with Crippen molar-refractivity contribution in [2.24, 2.45) is 0 Å². The molecule has 2 aliphatic heterocycles. The van der Waals surface area contributed by atoms with Crippen LogP contribution in [-0.4, -0.2) is 53.3 Å². The van der Waals surface area contributed by atoms with E-state index >= 15 is 0 Å².